The van der Waals surface area contributed by atoms with Gasteiger partial charge >= 0.3 is 0 Å². The summed E-state index contributed by atoms with van der Waals surface area (Å²) in [6.07, 6.45) is 3.89. The number of aromatic nitrogens is 3. The maximum atomic E-state index is 11.9. The van der Waals surface area contributed by atoms with Crippen molar-refractivity contribution in [3.8, 4) is 0 Å². The number of H-pyrrole nitrogens is 1. The number of hydrogen-bond donors (Lipinski definition) is 2. The van der Waals surface area contributed by atoms with Crippen molar-refractivity contribution in [3.63, 3.8) is 0 Å². The molecule has 1 atom stereocenters. The van der Waals surface area contributed by atoms with Crippen molar-refractivity contribution in [1.82, 2.24) is 25.4 Å². The average Bonchev–Trinajstić information content (AvgIpc) is 2.92. The van der Waals surface area contributed by atoms with Gasteiger partial charge in [0.15, 0.2) is 0 Å². The third-order valence-corrected chi connectivity index (χ3v) is 3.41. The van der Waals surface area contributed by atoms with Gasteiger partial charge in [-0.15, -0.1) is 0 Å². The molecule has 1 aromatic heterocycles. The van der Waals surface area contributed by atoms with Crippen molar-refractivity contribution in [2.75, 3.05) is 6.54 Å². The van der Waals surface area contributed by atoms with Crippen LogP contribution in [0.1, 0.15) is 25.1 Å². The summed E-state index contributed by atoms with van der Waals surface area (Å²) in [4.78, 5) is 29.4. The molecule has 1 aliphatic carbocycles. The van der Waals surface area contributed by atoms with Crippen LogP contribution in [0.3, 0.4) is 0 Å². The Morgan fingerprint density at radius 3 is 3.06 bits per heavy atom. The number of carbonyl (C=O) groups excluding carboxylic acids is 2. The first-order valence-electron chi connectivity index (χ1n) is 6.15. The molecule has 1 unspecified atom stereocenters. The van der Waals surface area contributed by atoms with Crippen molar-refractivity contribution < 1.29 is 9.59 Å². The first kappa shape index (κ1) is 11.2. The highest BCUT2D eigenvalue weighted by Gasteiger charge is 2.41. The summed E-state index contributed by atoms with van der Waals surface area (Å²) in [7, 11) is 0. The summed E-state index contributed by atoms with van der Waals surface area (Å²) in [6, 6.07) is 0.393. The Bertz CT molecular complexity index is 454. The minimum Gasteiger partial charge on any atom is -0.349 e. The lowest BCUT2D eigenvalue weighted by atomic mass is 10.1. The van der Waals surface area contributed by atoms with E-state index in [2.05, 4.69) is 20.5 Å². The van der Waals surface area contributed by atoms with Crippen molar-refractivity contribution in [2.24, 2.45) is 5.92 Å². The minimum absolute atomic E-state index is 0.0806. The van der Waals surface area contributed by atoms with Crippen LogP contribution >= 0.6 is 0 Å². The molecule has 2 N–H and O–H groups in total. The predicted molar refractivity (Wildman–Crippen MR) is 61.1 cm³/mol. The van der Waals surface area contributed by atoms with E-state index in [4.69, 9.17) is 0 Å². The topological polar surface area (TPSA) is 91.0 Å². The van der Waals surface area contributed by atoms with E-state index in [1.165, 1.54) is 6.33 Å². The molecular weight excluding hydrogens is 234 g/mol. The summed E-state index contributed by atoms with van der Waals surface area (Å²) < 4.78 is 0. The van der Waals surface area contributed by atoms with Crippen molar-refractivity contribution >= 4 is 11.8 Å². The van der Waals surface area contributed by atoms with Crippen molar-refractivity contribution in [3.05, 3.63) is 12.2 Å². The summed E-state index contributed by atoms with van der Waals surface area (Å²) >= 11 is 0. The Labute approximate surface area is 104 Å². The van der Waals surface area contributed by atoms with Gasteiger partial charge in [-0.1, -0.05) is 0 Å². The van der Waals surface area contributed by atoms with Crippen LogP contribution in [0.15, 0.2) is 6.33 Å². The Kier molecular flexibility index (Phi) is 2.73. The molecule has 18 heavy (non-hydrogen) atoms. The zero-order chi connectivity index (χ0) is 12.5. The van der Waals surface area contributed by atoms with Gasteiger partial charge in [0.1, 0.15) is 12.2 Å². The highest BCUT2D eigenvalue weighted by Crippen LogP contribution is 2.32. The Morgan fingerprint density at radius 2 is 2.39 bits per heavy atom. The van der Waals surface area contributed by atoms with E-state index < -0.39 is 0 Å². The molecule has 96 valence electrons. The third-order valence-electron chi connectivity index (χ3n) is 3.41. The number of nitrogens with one attached hydrogen (secondary N) is 2. The summed E-state index contributed by atoms with van der Waals surface area (Å²) in [6.45, 7) is 0.888. The largest absolute Gasteiger partial charge is 0.349 e. The van der Waals surface area contributed by atoms with Crippen LogP contribution in [-0.2, 0) is 16.1 Å². The molecule has 1 saturated heterocycles. The van der Waals surface area contributed by atoms with Crippen LogP contribution in [0, 0.1) is 5.92 Å². The van der Waals surface area contributed by atoms with Gasteiger partial charge in [0, 0.05) is 19.0 Å². The third kappa shape index (κ3) is 2.20. The van der Waals surface area contributed by atoms with Gasteiger partial charge in [-0.2, -0.15) is 5.10 Å². The fraction of sp³-hybridized carbons (Fsp3) is 0.636. The van der Waals surface area contributed by atoms with E-state index in [1.807, 2.05) is 4.90 Å². The van der Waals surface area contributed by atoms with Crippen LogP contribution < -0.4 is 5.32 Å². The SMILES string of the molecule is O=C(NCc1ncn[nH]1)C1CC(=O)N(C2CC2)C1. The molecule has 7 heteroatoms. The van der Waals surface area contributed by atoms with Gasteiger partial charge < -0.3 is 10.2 Å². The van der Waals surface area contributed by atoms with Crippen LogP contribution in [0.2, 0.25) is 0 Å². The molecule has 2 fully saturated rings. The molecule has 0 aromatic carbocycles. The number of likely N-dealkylation sites (tertiary alicyclic amines) is 1. The maximum Gasteiger partial charge on any atom is 0.225 e. The zero-order valence-corrected chi connectivity index (χ0v) is 9.93. The van der Waals surface area contributed by atoms with Crippen molar-refractivity contribution in [2.45, 2.75) is 31.8 Å². The second-order valence-corrected chi connectivity index (χ2v) is 4.83. The average molecular weight is 249 g/mol. The first-order valence-corrected chi connectivity index (χ1v) is 6.15. The first-order chi connectivity index (χ1) is 8.74. The lowest BCUT2D eigenvalue weighted by Gasteiger charge is -2.15. The van der Waals surface area contributed by atoms with Gasteiger partial charge in [0.2, 0.25) is 11.8 Å². The lowest BCUT2D eigenvalue weighted by molar-refractivity contribution is -0.129. The molecule has 7 nitrogen and oxygen atoms in total. The second kappa shape index (κ2) is 4.40. The Morgan fingerprint density at radius 1 is 1.56 bits per heavy atom. The Hall–Kier alpha value is -1.92. The highest BCUT2D eigenvalue weighted by atomic mass is 16.2. The number of carbonyl (C=O) groups is 2. The number of hydrogen-bond acceptors (Lipinski definition) is 4. The van der Waals surface area contributed by atoms with Gasteiger partial charge in [0.25, 0.3) is 0 Å². The lowest BCUT2D eigenvalue weighted by Crippen LogP contribution is -2.33. The monoisotopic (exact) mass is 249 g/mol. The van der Waals surface area contributed by atoms with Crippen molar-refractivity contribution in [1.29, 1.82) is 0 Å². The maximum absolute atomic E-state index is 11.9. The molecule has 1 aromatic rings. The van der Waals surface area contributed by atoms with E-state index >= 15 is 0 Å². The van der Waals surface area contributed by atoms with Crippen LogP contribution in [0.5, 0.6) is 0 Å². The summed E-state index contributed by atoms with van der Waals surface area (Å²) in [5, 5.41) is 9.16. The van der Waals surface area contributed by atoms with Gasteiger partial charge in [0.05, 0.1) is 12.5 Å². The van der Waals surface area contributed by atoms with E-state index in [9.17, 15) is 9.59 Å². The van der Waals surface area contributed by atoms with E-state index in [0.717, 1.165) is 12.8 Å². The highest BCUT2D eigenvalue weighted by molar-refractivity contribution is 5.89. The fourth-order valence-electron chi connectivity index (χ4n) is 2.28. The molecule has 2 heterocycles. The van der Waals surface area contributed by atoms with E-state index in [0.29, 0.717) is 31.4 Å². The minimum atomic E-state index is -0.221. The summed E-state index contributed by atoms with van der Waals surface area (Å²) in [5.74, 6) is 0.424. The molecule has 0 radical (unpaired) electrons. The normalized spacial score (nSPS) is 23.4. The number of aromatic amines is 1. The van der Waals surface area contributed by atoms with Gasteiger partial charge in [-0.05, 0) is 12.8 Å². The molecule has 1 aliphatic heterocycles. The van der Waals surface area contributed by atoms with Crippen LogP contribution in [0.25, 0.3) is 0 Å². The quantitative estimate of drug-likeness (QED) is 0.747. The molecule has 0 bridgehead atoms. The van der Waals surface area contributed by atoms with Crippen LogP contribution in [-0.4, -0.2) is 44.5 Å². The zero-order valence-electron chi connectivity index (χ0n) is 9.93. The predicted octanol–water partition coefficient (Wildman–Crippen LogP) is -0.568. The van der Waals surface area contributed by atoms with Gasteiger partial charge in [-0.25, -0.2) is 4.98 Å². The second-order valence-electron chi connectivity index (χ2n) is 4.83. The Balaban J connectivity index is 1.52. The number of amides is 2. The molecule has 2 aliphatic rings. The van der Waals surface area contributed by atoms with Crippen LogP contribution in [0.4, 0.5) is 0 Å². The molecule has 2 amide bonds. The van der Waals surface area contributed by atoms with E-state index in [-0.39, 0.29) is 17.7 Å². The fourth-order valence-corrected chi connectivity index (χ4v) is 2.28. The summed E-state index contributed by atoms with van der Waals surface area (Å²) in [5.41, 5.74) is 0. The molecule has 0 spiro atoms. The number of rotatable bonds is 4. The van der Waals surface area contributed by atoms with Gasteiger partial charge in [-0.3, -0.25) is 14.7 Å². The van der Waals surface area contributed by atoms with E-state index in [1.54, 1.807) is 0 Å². The molecular formula is C11H15N5O2. The smallest absolute Gasteiger partial charge is 0.225 e. The molecule has 1 saturated carbocycles. The molecule has 3 rings (SSSR count). The standard InChI is InChI=1S/C11H15N5O2/c17-10-3-7(5-16(10)8-1-2-8)11(18)12-4-9-13-6-14-15-9/h6-8H,1-5H2,(H,12,18)(H,13,14,15). The number of nitrogens with zero attached hydrogens (tertiary/aromatic N) is 3.